The molecule has 2 heterocycles. The molecule has 5 rings (SSSR count). The lowest BCUT2D eigenvalue weighted by atomic mass is 9.96. The van der Waals surface area contributed by atoms with Gasteiger partial charge in [0, 0.05) is 47.4 Å². The van der Waals surface area contributed by atoms with Crippen molar-refractivity contribution in [2.45, 2.75) is 13.0 Å². The van der Waals surface area contributed by atoms with Gasteiger partial charge in [0.05, 0.1) is 11.1 Å². The number of anilines is 1. The van der Waals surface area contributed by atoms with Gasteiger partial charge in [-0.1, -0.05) is 66.7 Å². The summed E-state index contributed by atoms with van der Waals surface area (Å²) in [6.45, 7) is 1.13. The first-order chi connectivity index (χ1) is 16.6. The fourth-order valence-electron chi connectivity index (χ4n) is 4.41. The number of nitrogens with one attached hydrogen (secondary N) is 1. The Hall–Kier alpha value is -4.03. The summed E-state index contributed by atoms with van der Waals surface area (Å²) in [5, 5.41) is 3.63. The highest BCUT2D eigenvalue weighted by Crippen LogP contribution is 2.29. The minimum atomic E-state index is -0.503. The van der Waals surface area contributed by atoms with Crippen LogP contribution in [0, 0.1) is 0 Å². The molecule has 1 aromatic heterocycles. The molecule has 0 spiro atoms. The van der Waals surface area contributed by atoms with Crippen LogP contribution in [0.4, 0.5) is 5.69 Å². The zero-order valence-electron chi connectivity index (χ0n) is 19.0. The fourth-order valence-corrected chi connectivity index (χ4v) is 4.41. The van der Waals surface area contributed by atoms with Crippen molar-refractivity contribution in [2.24, 2.45) is 0 Å². The number of amides is 1. The molecule has 34 heavy (non-hydrogen) atoms. The van der Waals surface area contributed by atoms with E-state index in [2.05, 4.69) is 10.2 Å². The molecule has 1 N–H and O–H groups in total. The molecule has 6 nitrogen and oxygen atoms in total. The van der Waals surface area contributed by atoms with E-state index >= 15 is 0 Å². The second kappa shape index (κ2) is 9.45. The molecular weight excluding hydrogens is 426 g/mol. The van der Waals surface area contributed by atoms with Crippen molar-refractivity contribution in [3.05, 3.63) is 95.7 Å². The molecule has 0 saturated heterocycles. The first-order valence-electron chi connectivity index (χ1n) is 11.3. The van der Waals surface area contributed by atoms with Gasteiger partial charge in [0.2, 0.25) is 0 Å². The maximum atomic E-state index is 13.2. The number of esters is 1. The number of pyridine rings is 1. The Bertz CT molecular complexity index is 1370. The van der Waals surface area contributed by atoms with E-state index in [0.717, 1.165) is 46.3 Å². The van der Waals surface area contributed by atoms with Gasteiger partial charge in [0.15, 0.2) is 6.61 Å². The number of carbonyl (C=O) groups is 2. The number of nitrogens with zero attached hydrogens (tertiary/aromatic N) is 2. The highest BCUT2D eigenvalue weighted by atomic mass is 16.5. The molecule has 0 atom stereocenters. The van der Waals surface area contributed by atoms with E-state index < -0.39 is 5.97 Å². The average Bonchev–Trinajstić information content (AvgIpc) is 2.87. The number of benzene rings is 3. The van der Waals surface area contributed by atoms with E-state index in [1.165, 1.54) is 0 Å². The molecule has 1 aliphatic heterocycles. The first-order valence-corrected chi connectivity index (χ1v) is 11.3. The summed E-state index contributed by atoms with van der Waals surface area (Å²) in [4.78, 5) is 32.9. The monoisotopic (exact) mass is 451 g/mol. The predicted octanol–water partition coefficient (Wildman–Crippen LogP) is 4.69. The lowest BCUT2D eigenvalue weighted by Crippen LogP contribution is -2.30. The molecule has 0 unspecified atom stereocenters. The Labute approximate surface area is 198 Å². The summed E-state index contributed by atoms with van der Waals surface area (Å²) in [7, 11) is 2.02. The fraction of sp³-hybridized carbons (Fsp3) is 0.179. The van der Waals surface area contributed by atoms with E-state index in [1.807, 2.05) is 85.9 Å². The van der Waals surface area contributed by atoms with Crippen molar-refractivity contribution in [3.63, 3.8) is 0 Å². The van der Waals surface area contributed by atoms with E-state index in [1.54, 1.807) is 0 Å². The number of rotatable bonds is 5. The van der Waals surface area contributed by atoms with Crippen LogP contribution in [0.25, 0.3) is 22.0 Å². The Morgan fingerprint density at radius 1 is 0.971 bits per heavy atom. The summed E-state index contributed by atoms with van der Waals surface area (Å²) in [5.41, 5.74) is 5.64. The van der Waals surface area contributed by atoms with Gasteiger partial charge in [0.1, 0.15) is 0 Å². The molecular formula is C28H25N3O3. The number of carbonyl (C=O) groups excluding carboxylic acids is 2. The number of ether oxygens (including phenoxy) is 1. The summed E-state index contributed by atoms with van der Waals surface area (Å²) < 4.78 is 5.52. The van der Waals surface area contributed by atoms with Gasteiger partial charge < -0.3 is 15.0 Å². The minimum Gasteiger partial charge on any atom is -0.452 e. The Morgan fingerprint density at radius 2 is 1.71 bits per heavy atom. The zero-order chi connectivity index (χ0) is 23.5. The first kappa shape index (κ1) is 21.8. The highest BCUT2D eigenvalue weighted by Gasteiger charge is 2.25. The van der Waals surface area contributed by atoms with Crippen molar-refractivity contribution in [2.75, 3.05) is 25.5 Å². The van der Waals surface area contributed by atoms with Crippen molar-refractivity contribution in [1.29, 1.82) is 0 Å². The van der Waals surface area contributed by atoms with Gasteiger partial charge in [-0.2, -0.15) is 0 Å². The average molecular weight is 452 g/mol. The maximum Gasteiger partial charge on any atom is 0.339 e. The lowest BCUT2D eigenvalue weighted by molar-refractivity contribution is -0.119. The third kappa shape index (κ3) is 4.40. The minimum absolute atomic E-state index is 0.372. The van der Waals surface area contributed by atoms with Gasteiger partial charge in [0.25, 0.3) is 5.91 Å². The largest absolute Gasteiger partial charge is 0.452 e. The number of para-hydroxylation sites is 2. The molecule has 4 aromatic rings. The van der Waals surface area contributed by atoms with Crippen molar-refractivity contribution in [1.82, 2.24) is 9.88 Å². The van der Waals surface area contributed by atoms with Crippen LogP contribution in [0.5, 0.6) is 0 Å². The van der Waals surface area contributed by atoms with Crippen molar-refractivity contribution >= 4 is 28.5 Å². The number of aromatic nitrogens is 1. The van der Waals surface area contributed by atoms with Crippen LogP contribution in [0.3, 0.4) is 0 Å². The summed E-state index contributed by atoms with van der Waals surface area (Å²) in [6, 6.07) is 25.0. The molecule has 6 heteroatoms. The van der Waals surface area contributed by atoms with E-state index in [-0.39, 0.29) is 12.5 Å². The van der Waals surface area contributed by atoms with Crippen LogP contribution < -0.4 is 5.32 Å². The standard InChI is InChI=1S/C28H25N3O3/c1-31-16-15-25-22(17-31)27(21-12-6-8-14-24(21)29-25)28(33)34-18-26(32)30-23-13-7-5-11-20(23)19-9-3-2-4-10-19/h2-14H,15-18H2,1H3,(H,30,32). The van der Waals surface area contributed by atoms with Crippen LogP contribution >= 0.6 is 0 Å². The molecule has 0 saturated carbocycles. The summed E-state index contributed by atoms with van der Waals surface area (Å²) >= 11 is 0. The number of fused-ring (bicyclic) bond motifs is 2. The molecule has 0 fully saturated rings. The highest BCUT2D eigenvalue weighted by molar-refractivity contribution is 6.06. The number of hydrogen-bond acceptors (Lipinski definition) is 5. The van der Waals surface area contributed by atoms with Gasteiger partial charge in [-0.15, -0.1) is 0 Å². The molecule has 0 radical (unpaired) electrons. The Balaban J connectivity index is 1.36. The molecule has 1 aliphatic rings. The molecule has 170 valence electrons. The Kier molecular flexibility index (Phi) is 6.06. The third-order valence-electron chi connectivity index (χ3n) is 6.06. The molecule has 0 aliphatic carbocycles. The van der Waals surface area contributed by atoms with Gasteiger partial charge in [-0.25, -0.2) is 4.79 Å². The number of hydrogen-bond donors (Lipinski definition) is 1. The van der Waals surface area contributed by atoms with Gasteiger partial charge >= 0.3 is 5.97 Å². The van der Waals surface area contributed by atoms with E-state index in [4.69, 9.17) is 9.72 Å². The van der Waals surface area contributed by atoms with Crippen molar-refractivity contribution in [3.8, 4) is 11.1 Å². The smallest absolute Gasteiger partial charge is 0.339 e. The third-order valence-corrected chi connectivity index (χ3v) is 6.06. The second-order valence-corrected chi connectivity index (χ2v) is 8.45. The number of likely N-dealkylation sites (N-methyl/N-ethyl adjacent to an activating group) is 1. The van der Waals surface area contributed by atoms with E-state index in [9.17, 15) is 9.59 Å². The normalized spacial score (nSPS) is 13.3. The quantitative estimate of drug-likeness (QED) is 0.446. The summed E-state index contributed by atoms with van der Waals surface area (Å²) in [6.07, 6.45) is 0.772. The lowest BCUT2D eigenvalue weighted by Gasteiger charge is -2.26. The second-order valence-electron chi connectivity index (χ2n) is 8.45. The molecule has 3 aromatic carbocycles. The van der Waals surface area contributed by atoms with Crippen LogP contribution in [-0.4, -0.2) is 42.0 Å². The Morgan fingerprint density at radius 3 is 2.56 bits per heavy atom. The molecule has 1 amide bonds. The SMILES string of the molecule is CN1CCc2nc3ccccc3c(C(=O)OCC(=O)Nc3ccccc3-c3ccccc3)c2C1. The van der Waals surface area contributed by atoms with Crippen LogP contribution in [0.1, 0.15) is 21.6 Å². The topological polar surface area (TPSA) is 71.5 Å². The maximum absolute atomic E-state index is 13.2. The molecule has 0 bridgehead atoms. The zero-order valence-corrected chi connectivity index (χ0v) is 19.0. The van der Waals surface area contributed by atoms with Crippen molar-refractivity contribution < 1.29 is 14.3 Å². The van der Waals surface area contributed by atoms with Gasteiger partial charge in [-0.3, -0.25) is 9.78 Å². The van der Waals surface area contributed by atoms with E-state index in [0.29, 0.717) is 17.8 Å². The van der Waals surface area contributed by atoms with Crippen LogP contribution in [-0.2, 0) is 22.5 Å². The van der Waals surface area contributed by atoms with Crippen LogP contribution in [0.15, 0.2) is 78.9 Å². The summed E-state index contributed by atoms with van der Waals surface area (Å²) in [5.74, 6) is -0.891. The predicted molar refractivity (Wildman–Crippen MR) is 133 cm³/mol. The van der Waals surface area contributed by atoms with Gasteiger partial charge in [-0.05, 0) is 24.7 Å². The van der Waals surface area contributed by atoms with Crippen LogP contribution in [0.2, 0.25) is 0 Å².